The first-order valence-corrected chi connectivity index (χ1v) is 7.78. The standard InChI is InChI=1S/C12H30N3S.2FH/c1-7-13(8-2)16(14(9-3)10-4)15(11-5)12-6;;/h7-12H2,1-6H3;2*1H/q+1;;/p-1. The second-order valence-corrected chi connectivity index (χ2v) is 5.63. The fourth-order valence-corrected chi connectivity index (χ4v) is 4.22. The summed E-state index contributed by atoms with van der Waals surface area (Å²) in [5.74, 6) is 0. The lowest BCUT2D eigenvalue weighted by Gasteiger charge is -2.30. The molecule has 0 amide bonds. The SMILES string of the molecule is CCN(CC)[S+](N(CC)CC)N(CC)CC.F.[F-]. The van der Waals surface area contributed by atoms with Crippen molar-refractivity contribution in [1.29, 1.82) is 0 Å². The molecule has 0 unspecified atom stereocenters. The molecule has 0 aliphatic rings. The zero-order valence-corrected chi connectivity index (χ0v) is 13.6. The number of hydrogen-bond acceptors (Lipinski definition) is 3. The lowest BCUT2D eigenvalue weighted by molar-refractivity contribution is -0.00000498. The predicted octanol–water partition coefficient (Wildman–Crippen LogP) is -0.468. The number of hydrogen-bond donors (Lipinski definition) is 0. The lowest BCUT2D eigenvalue weighted by atomic mass is 10.7. The van der Waals surface area contributed by atoms with Crippen LogP contribution in [0.3, 0.4) is 0 Å². The second-order valence-electron chi connectivity index (χ2n) is 3.59. The third-order valence-corrected chi connectivity index (χ3v) is 5.74. The minimum atomic E-state index is 0. The molecule has 6 heteroatoms. The van der Waals surface area contributed by atoms with E-state index in [4.69, 9.17) is 0 Å². The van der Waals surface area contributed by atoms with Gasteiger partial charge in [0, 0.05) is 39.3 Å². The molecule has 0 bridgehead atoms. The zero-order chi connectivity index (χ0) is 12.6. The monoisotopic (exact) mass is 287 g/mol. The molecule has 3 nitrogen and oxygen atoms in total. The highest BCUT2D eigenvalue weighted by molar-refractivity contribution is 7.90. The minimum Gasteiger partial charge on any atom is -1.00 e. The van der Waals surface area contributed by atoms with Gasteiger partial charge in [-0.05, 0) is 41.5 Å². The summed E-state index contributed by atoms with van der Waals surface area (Å²) in [5, 5.41) is 0. The van der Waals surface area contributed by atoms with Gasteiger partial charge in [-0.15, -0.1) is 0 Å². The third kappa shape index (κ3) is 6.31. The van der Waals surface area contributed by atoms with E-state index in [-0.39, 0.29) is 20.9 Å². The quantitative estimate of drug-likeness (QED) is 0.531. The Balaban J connectivity index is -0.00000112. The molecule has 0 aliphatic carbocycles. The fourth-order valence-electron chi connectivity index (χ4n) is 1.85. The molecular formula is C12H31F2N3S. The smallest absolute Gasteiger partial charge is 0.267 e. The van der Waals surface area contributed by atoms with Crippen LogP contribution in [0.5, 0.6) is 0 Å². The maximum atomic E-state index is 2.57. The Hall–Kier alpha value is 0.0900. The summed E-state index contributed by atoms with van der Waals surface area (Å²) in [4.78, 5) is 0. The first-order chi connectivity index (χ1) is 7.69. The molecular weight excluding hydrogens is 256 g/mol. The molecule has 0 aromatic carbocycles. The molecule has 0 rings (SSSR count). The van der Waals surface area contributed by atoms with Gasteiger partial charge < -0.3 is 4.70 Å². The minimum absolute atomic E-state index is 0. The molecule has 0 aromatic rings. The topological polar surface area (TPSA) is 9.72 Å². The van der Waals surface area contributed by atoms with Gasteiger partial charge in [-0.1, -0.05) is 12.9 Å². The Morgan fingerprint density at radius 2 is 0.722 bits per heavy atom. The van der Waals surface area contributed by atoms with Crippen molar-refractivity contribution in [2.75, 3.05) is 39.3 Å². The van der Waals surface area contributed by atoms with Crippen molar-refractivity contribution in [2.24, 2.45) is 0 Å². The summed E-state index contributed by atoms with van der Waals surface area (Å²) in [6.45, 7) is 20.4. The lowest BCUT2D eigenvalue weighted by Crippen LogP contribution is -3.00. The summed E-state index contributed by atoms with van der Waals surface area (Å²) < 4.78 is 7.71. The summed E-state index contributed by atoms with van der Waals surface area (Å²) in [6, 6.07) is 0. The van der Waals surface area contributed by atoms with E-state index in [0.717, 1.165) is 39.3 Å². The van der Waals surface area contributed by atoms with Crippen LogP contribution in [0, 0.1) is 0 Å². The average molecular weight is 287 g/mol. The van der Waals surface area contributed by atoms with Crippen molar-refractivity contribution >= 4 is 11.5 Å². The zero-order valence-electron chi connectivity index (χ0n) is 12.8. The summed E-state index contributed by atoms with van der Waals surface area (Å²) in [7, 11) is 0. The van der Waals surface area contributed by atoms with Gasteiger partial charge in [0.15, 0.2) is 0 Å². The molecule has 0 aliphatic heterocycles. The van der Waals surface area contributed by atoms with Crippen LogP contribution in [0.4, 0.5) is 4.70 Å². The molecule has 0 aromatic heterocycles. The van der Waals surface area contributed by atoms with E-state index < -0.39 is 0 Å². The average Bonchev–Trinajstić information content (AvgIpc) is 2.33. The van der Waals surface area contributed by atoms with Gasteiger partial charge in [-0.25, -0.2) is 0 Å². The van der Waals surface area contributed by atoms with Crippen molar-refractivity contribution in [1.82, 2.24) is 12.9 Å². The highest BCUT2D eigenvalue weighted by Crippen LogP contribution is 2.16. The van der Waals surface area contributed by atoms with Crippen LogP contribution >= 0.6 is 0 Å². The number of nitrogens with zero attached hydrogens (tertiary/aromatic N) is 3. The summed E-state index contributed by atoms with van der Waals surface area (Å²) >= 11 is 0.162. The molecule has 114 valence electrons. The van der Waals surface area contributed by atoms with Crippen molar-refractivity contribution in [3.8, 4) is 0 Å². The molecule has 18 heavy (non-hydrogen) atoms. The van der Waals surface area contributed by atoms with Gasteiger partial charge in [0.2, 0.25) is 0 Å². The first kappa shape index (κ1) is 23.2. The molecule has 0 saturated carbocycles. The first-order valence-electron chi connectivity index (χ1n) is 6.69. The Kier molecular flexibility index (Phi) is 17.4. The van der Waals surface area contributed by atoms with E-state index in [0.29, 0.717) is 0 Å². The largest absolute Gasteiger partial charge is 1.00 e. The Labute approximate surface area is 115 Å². The van der Waals surface area contributed by atoms with Gasteiger partial charge >= 0.3 is 0 Å². The highest BCUT2D eigenvalue weighted by Gasteiger charge is 2.38. The van der Waals surface area contributed by atoms with E-state index >= 15 is 0 Å². The van der Waals surface area contributed by atoms with E-state index in [9.17, 15) is 0 Å². The van der Waals surface area contributed by atoms with Crippen LogP contribution in [0.2, 0.25) is 0 Å². The van der Waals surface area contributed by atoms with Crippen molar-refractivity contribution in [2.45, 2.75) is 41.5 Å². The molecule has 0 saturated heterocycles. The van der Waals surface area contributed by atoms with Crippen LogP contribution in [0.25, 0.3) is 0 Å². The van der Waals surface area contributed by atoms with Gasteiger partial charge in [0.1, 0.15) is 0 Å². The van der Waals surface area contributed by atoms with E-state index in [2.05, 4.69) is 54.5 Å². The van der Waals surface area contributed by atoms with Gasteiger partial charge in [-0.3, -0.25) is 4.70 Å². The normalized spacial score (nSPS) is 11.0. The maximum absolute atomic E-state index is 2.57. The van der Waals surface area contributed by atoms with Crippen molar-refractivity contribution in [3.05, 3.63) is 0 Å². The van der Waals surface area contributed by atoms with Gasteiger partial charge in [0.05, 0.1) is 0 Å². The summed E-state index contributed by atoms with van der Waals surface area (Å²) in [5.41, 5.74) is 0. The van der Waals surface area contributed by atoms with Crippen LogP contribution in [-0.2, 0) is 11.5 Å². The maximum Gasteiger partial charge on any atom is 0.267 e. The predicted molar refractivity (Wildman–Crippen MR) is 78.6 cm³/mol. The Morgan fingerprint density at radius 1 is 0.556 bits per heavy atom. The second kappa shape index (κ2) is 13.5. The van der Waals surface area contributed by atoms with Crippen LogP contribution in [0.15, 0.2) is 0 Å². The summed E-state index contributed by atoms with van der Waals surface area (Å²) in [6.07, 6.45) is 0. The molecule has 0 atom stereocenters. The molecule has 0 radical (unpaired) electrons. The third-order valence-electron chi connectivity index (χ3n) is 2.81. The highest BCUT2D eigenvalue weighted by atomic mass is 32.2. The van der Waals surface area contributed by atoms with Gasteiger partial charge in [0.25, 0.3) is 11.5 Å². The molecule has 0 fully saturated rings. The Morgan fingerprint density at radius 3 is 0.833 bits per heavy atom. The number of rotatable bonds is 9. The molecule has 0 spiro atoms. The fraction of sp³-hybridized carbons (Fsp3) is 1.00. The van der Waals surface area contributed by atoms with E-state index in [1.807, 2.05) is 0 Å². The van der Waals surface area contributed by atoms with Crippen LogP contribution in [-0.4, -0.2) is 52.2 Å². The molecule has 0 heterocycles. The molecule has 0 N–H and O–H groups in total. The Bertz CT molecular complexity index is 135. The van der Waals surface area contributed by atoms with Gasteiger partial charge in [-0.2, -0.15) is 0 Å². The van der Waals surface area contributed by atoms with E-state index in [1.54, 1.807) is 0 Å². The van der Waals surface area contributed by atoms with Crippen LogP contribution in [0.1, 0.15) is 41.5 Å². The van der Waals surface area contributed by atoms with Crippen molar-refractivity contribution < 1.29 is 9.41 Å². The number of halogens is 2. The van der Waals surface area contributed by atoms with E-state index in [1.165, 1.54) is 0 Å². The van der Waals surface area contributed by atoms with Crippen LogP contribution < -0.4 is 4.70 Å². The van der Waals surface area contributed by atoms with Crippen molar-refractivity contribution in [3.63, 3.8) is 0 Å².